The lowest BCUT2D eigenvalue weighted by Gasteiger charge is -2.48. The molecule has 5 atom stereocenters. The van der Waals surface area contributed by atoms with Crippen molar-refractivity contribution in [2.24, 2.45) is 17.8 Å². The smallest absolute Gasteiger partial charge is 0.264 e. The summed E-state index contributed by atoms with van der Waals surface area (Å²) in [7, 11) is -7.59. The molecule has 246 valence electrons. The molecule has 2 aliphatic heterocycles. The molecule has 2 aromatic rings. The number of sulfone groups is 1. The number of sulfonamides is 1. The predicted molar refractivity (Wildman–Crippen MR) is 177 cm³/mol. The molecule has 1 fully saturated rings. The van der Waals surface area contributed by atoms with Crippen LogP contribution < -0.4 is 14.4 Å². The minimum atomic E-state index is -4.05. The Morgan fingerprint density at radius 2 is 1.89 bits per heavy atom. The zero-order valence-corrected chi connectivity index (χ0v) is 28.4. The van der Waals surface area contributed by atoms with Crippen LogP contribution in [0.4, 0.5) is 5.69 Å². The molecule has 9 nitrogen and oxygen atoms in total. The summed E-state index contributed by atoms with van der Waals surface area (Å²) in [6, 6.07) is 10.7. The molecule has 45 heavy (non-hydrogen) atoms. The molecule has 2 heterocycles. The van der Waals surface area contributed by atoms with Gasteiger partial charge in [0, 0.05) is 29.9 Å². The van der Waals surface area contributed by atoms with E-state index in [-0.39, 0.29) is 30.4 Å². The average Bonchev–Trinajstić information content (AvgIpc) is 2.96. The van der Waals surface area contributed by atoms with E-state index in [1.807, 2.05) is 18.2 Å². The number of halogens is 1. The van der Waals surface area contributed by atoms with Gasteiger partial charge >= 0.3 is 0 Å². The van der Waals surface area contributed by atoms with Crippen molar-refractivity contribution >= 4 is 43.1 Å². The number of aryl methyl sites for hydroxylation is 1. The van der Waals surface area contributed by atoms with Crippen molar-refractivity contribution in [2.75, 3.05) is 30.0 Å². The highest BCUT2D eigenvalue weighted by molar-refractivity contribution is 7.91. The standard InChI is InChI=1S/C33H43ClN2O7S2/c1-22-7-6-15-33(38,21-44(3,39)40)29-13-10-26(29)19-36-16-5-4-8-24-17-28(34)12-9-27(24)20-43-31-14-11-25(18-30(31)36)32(37)35-45(41,42)23(22)2/h6,9,11-12,14-15,17-18,22-23,26,29,38H,4-5,7-8,10,13,16,19-21H2,1-3H3,(H,35,37)/b15-6+/t22-,23+,26-,29+,33-/m0/s1. The molecule has 1 saturated carbocycles. The van der Waals surface area contributed by atoms with Crippen LogP contribution in [0.3, 0.4) is 0 Å². The Kier molecular flexibility index (Phi) is 9.94. The zero-order valence-electron chi connectivity index (χ0n) is 26.0. The van der Waals surface area contributed by atoms with Crippen LogP contribution in [-0.2, 0) is 32.9 Å². The van der Waals surface area contributed by atoms with Crippen LogP contribution in [0.2, 0.25) is 5.02 Å². The molecule has 2 bridgehead atoms. The van der Waals surface area contributed by atoms with E-state index < -0.39 is 48.3 Å². The van der Waals surface area contributed by atoms with E-state index in [0.29, 0.717) is 36.0 Å². The molecule has 0 unspecified atom stereocenters. The van der Waals surface area contributed by atoms with Gasteiger partial charge in [0.25, 0.3) is 5.91 Å². The molecule has 5 rings (SSSR count). The predicted octanol–water partition coefficient (Wildman–Crippen LogP) is 4.91. The Morgan fingerprint density at radius 3 is 2.60 bits per heavy atom. The number of nitrogens with one attached hydrogen (secondary N) is 1. The van der Waals surface area contributed by atoms with Crippen LogP contribution in [0.15, 0.2) is 48.6 Å². The average molecular weight is 679 g/mol. The number of carbonyl (C=O) groups is 1. The number of nitrogens with zero attached hydrogens (tertiary/aromatic N) is 1. The number of anilines is 1. The second-order valence-electron chi connectivity index (χ2n) is 13.1. The summed E-state index contributed by atoms with van der Waals surface area (Å²) in [5.74, 6) is -1.32. The molecule has 2 N–H and O–H groups in total. The van der Waals surface area contributed by atoms with Crippen LogP contribution in [0.5, 0.6) is 5.75 Å². The van der Waals surface area contributed by atoms with Crippen LogP contribution in [0, 0.1) is 17.8 Å². The fraction of sp³-hybridized carbons (Fsp3) is 0.545. The Labute approximate surface area is 272 Å². The first kappa shape index (κ1) is 33.8. The molecule has 3 aliphatic rings. The molecule has 2 aromatic carbocycles. The lowest BCUT2D eigenvalue weighted by molar-refractivity contribution is -0.0286. The van der Waals surface area contributed by atoms with Crippen molar-refractivity contribution in [3.63, 3.8) is 0 Å². The number of amides is 1. The molecule has 0 radical (unpaired) electrons. The van der Waals surface area contributed by atoms with Gasteiger partial charge in [-0.05, 0) is 105 Å². The number of aliphatic hydroxyl groups is 1. The van der Waals surface area contributed by atoms with Gasteiger partial charge in [-0.15, -0.1) is 0 Å². The van der Waals surface area contributed by atoms with Crippen LogP contribution >= 0.6 is 11.6 Å². The molecular weight excluding hydrogens is 636 g/mol. The highest BCUT2D eigenvalue weighted by atomic mass is 35.5. The fourth-order valence-electron chi connectivity index (χ4n) is 6.77. The highest BCUT2D eigenvalue weighted by Crippen LogP contribution is 2.45. The van der Waals surface area contributed by atoms with Crippen molar-refractivity contribution in [2.45, 2.75) is 69.8 Å². The summed E-state index contributed by atoms with van der Waals surface area (Å²) in [6.07, 6.45) is 8.65. The Morgan fingerprint density at radius 1 is 1.11 bits per heavy atom. The summed E-state index contributed by atoms with van der Waals surface area (Å²) in [5.41, 5.74) is 1.38. The van der Waals surface area contributed by atoms with Crippen molar-refractivity contribution in [1.29, 1.82) is 0 Å². The SMILES string of the molecule is C[C@@H]1[C@@H](C)C/C=C/[C@](O)(CS(C)(=O)=O)[C@@H]2CC[C@H]2CN2CCCCc3cc(Cl)ccc3COc3ccc(cc32)C(=O)NS1(=O)=O. The fourth-order valence-corrected chi connectivity index (χ4v) is 9.40. The second kappa shape index (κ2) is 13.3. The number of ether oxygens (including phenoxy) is 1. The maximum atomic E-state index is 13.4. The van der Waals surface area contributed by atoms with Crippen LogP contribution in [0.25, 0.3) is 0 Å². The van der Waals surface area contributed by atoms with Gasteiger partial charge in [0.15, 0.2) is 9.84 Å². The van der Waals surface area contributed by atoms with Crippen molar-refractivity contribution in [1.82, 2.24) is 4.72 Å². The normalized spacial score (nSPS) is 29.9. The number of hydrogen-bond donors (Lipinski definition) is 2. The quantitative estimate of drug-likeness (QED) is 0.429. The number of hydrogen-bond acceptors (Lipinski definition) is 8. The first-order valence-corrected chi connectivity index (χ1v) is 19.6. The Hall–Kier alpha value is -2.60. The van der Waals surface area contributed by atoms with E-state index in [1.165, 1.54) is 0 Å². The van der Waals surface area contributed by atoms with Crippen molar-refractivity contribution in [3.8, 4) is 5.75 Å². The van der Waals surface area contributed by atoms with Crippen molar-refractivity contribution in [3.05, 3.63) is 70.3 Å². The van der Waals surface area contributed by atoms with E-state index in [0.717, 1.165) is 43.1 Å². The third-order valence-electron chi connectivity index (χ3n) is 9.69. The van der Waals surface area contributed by atoms with Crippen LogP contribution in [0.1, 0.15) is 67.4 Å². The maximum Gasteiger partial charge on any atom is 0.264 e. The number of rotatable bonds is 2. The van der Waals surface area contributed by atoms with E-state index in [1.54, 1.807) is 44.2 Å². The van der Waals surface area contributed by atoms with E-state index in [2.05, 4.69) is 9.62 Å². The lowest BCUT2D eigenvalue weighted by atomic mass is 9.64. The van der Waals surface area contributed by atoms with Gasteiger partial charge in [0.2, 0.25) is 10.0 Å². The summed E-state index contributed by atoms with van der Waals surface area (Å²) >= 11 is 6.30. The minimum absolute atomic E-state index is 0.0162. The third kappa shape index (κ3) is 7.86. The minimum Gasteiger partial charge on any atom is -0.487 e. The number of carbonyl (C=O) groups excluding carboxylic acids is 1. The molecule has 0 saturated heterocycles. The lowest BCUT2D eigenvalue weighted by Crippen LogP contribution is -2.53. The summed E-state index contributed by atoms with van der Waals surface area (Å²) in [4.78, 5) is 15.5. The second-order valence-corrected chi connectivity index (χ2v) is 17.7. The molecule has 0 aromatic heterocycles. The number of benzene rings is 2. The first-order chi connectivity index (χ1) is 21.1. The summed E-state index contributed by atoms with van der Waals surface area (Å²) in [5, 5.41) is 11.6. The van der Waals surface area contributed by atoms with Gasteiger partial charge in [0.05, 0.1) is 22.3 Å². The highest BCUT2D eigenvalue weighted by Gasteiger charge is 2.47. The molecule has 1 amide bonds. The van der Waals surface area contributed by atoms with Gasteiger partial charge in [-0.3, -0.25) is 4.79 Å². The van der Waals surface area contributed by atoms with Crippen molar-refractivity contribution < 1.29 is 31.5 Å². The third-order valence-corrected chi connectivity index (χ3v) is 12.8. The van der Waals surface area contributed by atoms with Crippen LogP contribution in [-0.4, -0.2) is 63.8 Å². The summed E-state index contributed by atoms with van der Waals surface area (Å²) in [6.45, 7) is 4.71. The Balaban J connectivity index is 1.59. The molecule has 12 heteroatoms. The van der Waals surface area contributed by atoms with Gasteiger partial charge in [-0.25, -0.2) is 21.6 Å². The van der Waals surface area contributed by atoms with Gasteiger partial charge < -0.3 is 14.7 Å². The molecule has 1 aliphatic carbocycles. The van der Waals surface area contributed by atoms with E-state index in [9.17, 15) is 26.7 Å². The molecule has 0 spiro atoms. The zero-order chi connectivity index (χ0) is 32.6. The van der Waals surface area contributed by atoms with Gasteiger partial charge in [-0.1, -0.05) is 36.7 Å². The Bertz CT molecular complexity index is 1680. The molecular formula is C33H43ClN2O7S2. The monoisotopic (exact) mass is 678 g/mol. The topological polar surface area (TPSA) is 130 Å². The largest absolute Gasteiger partial charge is 0.487 e. The van der Waals surface area contributed by atoms with E-state index in [4.69, 9.17) is 16.3 Å². The van der Waals surface area contributed by atoms with E-state index >= 15 is 0 Å². The summed E-state index contributed by atoms with van der Waals surface area (Å²) < 4.78 is 60.2. The number of fused-ring (bicyclic) bond motifs is 3. The maximum absolute atomic E-state index is 13.4. The number of allylic oxidation sites excluding steroid dienone is 1. The first-order valence-electron chi connectivity index (χ1n) is 15.6. The van der Waals surface area contributed by atoms with Gasteiger partial charge in [0.1, 0.15) is 12.4 Å². The van der Waals surface area contributed by atoms with Gasteiger partial charge in [-0.2, -0.15) is 0 Å².